The summed E-state index contributed by atoms with van der Waals surface area (Å²) in [4.78, 5) is 11.5. The number of benzene rings is 5. The summed E-state index contributed by atoms with van der Waals surface area (Å²) in [5.41, 5.74) is 7.02. The largest absolute Gasteiger partial charge is 0.303 e. The summed E-state index contributed by atoms with van der Waals surface area (Å²) in [5.74, 6) is 0. The zero-order chi connectivity index (χ0) is 23.1. The van der Waals surface area contributed by atoms with Crippen molar-refractivity contribution < 1.29 is 4.92 Å². The first-order valence-electron chi connectivity index (χ1n) is 11.1. The Bertz CT molecular complexity index is 1570. The number of para-hydroxylation sites is 2. The van der Waals surface area contributed by atoms with Crippen molar-refractivity contribution in [2.24, 2.45) is 0 Å². The predicted octanol–water partition coefficient (Wildman–Crippen LogP) is 8.03. The molecule has 162 valence electrons. The lowest BCUT2D eigenvalue weighted by atomic mass is 10.0. The average Bonchev–Trinajstić information content (AvgIpc) is 3.22. The van der Waals surface area contributed by atoms with Gasteiger partial charge in [-0.05, 0) is 52.6 Å². The van der Waals surface area contributed by atoms with Crippen LogP contribution in [0.4, 0.5) is 5.69 Å². The van der Waals surface area contributed by atoms with Crippen molar-refractivity contribution in [1.29, 1.82) is 0 Å². The van der Waals surface area contributed by atoms with Gasteiger partial charge in [0.2, 0.25) is 0 Å². The lowest BCUT2D eigenvalue weighted by Crippen LogP contribution is -1.99. The second-order valence-corrected chi connectivity index (χ2v) is 8.28. The normalized spacial score (nSPS) is 11.2. The van der Waals surface area contributed by atoms with Crippen molar-refractivity contribution in [3.8, 4) is 27.9 Å². The Morgan fingerprint density at radius 2 is 1.00 bits per heavy atom. The van der Waals surface area contributed by atoms with E-state index in [0.717, 1.165) is 44.1 Å². The molecule has 0 radical (unpaired) electrons. The zero-order valence-electron chi connectivity index (χ0n) is 18.3. The quantitative estimate of drug-likeness (QED) is 0.206. The Labute approximate surface area is 196 Å². The van der Waals surface area contributed by atoms with Gasteiger partial charge in [-0.15, -0.1) is 0 Å². The molecule has 4 heteroatoms. The molecule has 6 aromatic rings. The third kappa shape index (κ3) is 3.24. The van der Waals surface area contributed by atoms with E-state index in [1.165, 1.54) is 0 Å². The first-order chi connectivity index (χ1) is 16.7. The molecular weight excluding hydrogens is 420 g/mol. The number of hydrogen-bond acceptors (Lipinski definition) is 2. The molecule has 1 aromatic heterocycles. The fraction of sp³-hybridized carbons (Fsp3) is 0. The summed E-state index contributed by atoms with van der Waals surface area (Å²) >= 11 is 0. The molecule has 5 aromatic carbocycles. The van der Waals surface area contributed by atoms with Gasteiger partial charge in [0.1, 0.15) is 5.69 Å². The van der Waals surface area contributed by atoms with Crippen LogP contribution >= 0.6 is 0 Å². The van der Waals surface area contributed by atoms with Gasteiger partial charge in [-0.2, -0.15) is 0 Å². The SMILES string of the molecule is O=[N+]([O-])c1ccccc1-n1c2ccc(-c3ccccc3)cc2c2cc(-c3ccccc3)ccc21. The molecule has 34 heavy (non-hydrogen) atoms. The van der Waals surface area contributed by atoms with Crippen molar-refractivity contribution in [1.82, 2.24) is 4.57 Å². The third-order valence-corrected chi connectivity index (χ3v) is 6.30. The molecule has 0 aliphatic rings. The van der Waals surface area contributed by atoms with Crippen LogP contribution in [0.1, 0.15) is 0 Å². The summed E-state index contributed by atoms with van der Waals surface area (Å²) in [6, 6.07) is 40.1. The highest BCUT2D eigenvalue weighted by atomic mass is 16.6. The molecule has 0 aliphatic carbocycles. The van der Waals surface area contributed by atoms with E-state index in [0.29, 0.717) is 5.69 Å². The van der Waals surface area contributed by atoms with Crippen LogP contribution in [-0.2, 0) is 0 Å². The Kier molecular flexibility index (Phi) is 4.70. The minimum atomic E-state index is -0.316. The molecule has 1 heterocycles. The number of aromatic nitrogens is 1. The van der Waals surface area contributed by atoms with Crippen LogP contribution in [0.5, 0.6) is 0 Å². The molecule has 0 aliphatic heterocycles. The van der Waals surface area contributed by atoms with E-state index in [-0.39, 0.29) is 10.6 Å². The number of hydrogen-bond donors (Lipinski definition) is 0. The Hall–Kier alpha value is -4.70. The molecule has 6 rings (SSSR count). The zero-order valence-corrected chi connectivity index (χ0v) is 18.3. The number of nitro benzene ring substituents is 1. The number of rotatable bonds is 4. The highest BCUT2D eigenvalue weighted by molar-refractivity contribution is 6.11. The summed E-state index contributed by atoms with van der Waals surface area (Å²) < 4.78 is 2.01. The van der Waals surface area contributed by atoms with Crippen LogP contribution < -0.4 is 0 Å². The second kappa shape index (κ2) is 8.01. The molecule has 0 bridgehead atoms. The predicted molar refractivity (Wildman–Crippen MR) is 138 cm³/mol. The van der Waals surface area contributed by atoms with Crippen molar-refractivity contribution in [2.45, 2.75) is 0 Å². The Balaban J connectivity index is 1.70. The van der Waals surface area contributed by atoms with Crippen LogP contribution in [0, 0.1) is 10.1 Å². The minimum Gasteiger partial charge on any atom is -0.303 e. The number of fused-ring (bicyclic) bond motifs is 3. The van der Waals surface area contributed by atoms with E-state index in [9.17, 15) is 10.1 Å². The van der Waals surface area contributed by atoms with Gasteiger partial charge in [0.15, 0.2) is 0 Å². The lowest BCUT2D eigenvalue weighted by molar-refractivity contribution is -0.384. The molecule has 0 amide bonds. The maximum absolute atomic E-state index is 11.9. The Morgan fingerprint density at radius 1 is 0.529 bits per heavy atom. The fourth-order valence-corrected chi connectivity index (χ4v) is 4.71. The van der Waals surface area contributed by atoms with E-state index in [1.54, 1.807) is 12.1 Å². The van der Waals surface area contributed by atoms with Gasteiger partial charge >= 0.3 is 0 Å². The van der Waals surface area contributed by atoms with Gasteiger partial charge in [0.25, 0.3) is 5.69 Å². The molecule has 0 saturated carbocycles. The summed E-state index contributed by atoms with van der Waals surface area (Å²) in [6.07, 6.45) is 0. The van der Waals surface area contributed by atoms with E-state index in [1.807, 2.05) is 53.1 Å². The van der Waals surface area contributed by atoms with E-state index in [4.69, 9.17) is 0 Å². The van der Waals surface area contributed by atoms with Crippen LogP contribution in [-0.4, -0.2) is 9.49 Å². The van der Waals surface area contributed by atoms with Crippen LogP contribution in [0.25, 0.3) is 49.7 Å². The van der Waals surface area contributed by atoms with E-state index < -0.39 is 0 Å². The number of nitrogens with zero attached hydrogens (tertiary/aromatic N) is 2. The van der Waals surface area contributed by atoms with Gasteiger partial charge in [-0.25, -0.2) is 0 Å². The number of nitro groups is 1. The molecular formula is C30H20N2O2. The summed E-state index contributed by atoms with van der Waals surface area (Å²) in [7, 11) is 0. The van der Waals surface area contributed by atoms with Crippen LogP contribution in [0.3, 0.4) is 0 Å². The van der Waals surface area contributed by atoms with Crippen molar-refractivity contribution in [3.05, 3.63) is 131 Å². The highest BCUT2D eigenvalue weighted by Crippen LogP contribution is 2.38. The smallest absolute Gasteiger partial charge is 0.293 e. The third-order valence-electron chi connectivity index (χ3n) is 6.30. The van der Waals surface area contributed by atoms with E-state index >= 15 is 0 Å². The monoisotopic (exact) mass is 440 g/mol. The van der Waals surface area contributed by atoms with Gasteiger partial charge in [-0.3, -0.25) is 10.1 Å². The molecule has 0 atom stereocenters. The maximum Gasteiger partial charge on any atom is 0.293 e. The van der Waals surface area contributed by atoms with E-state index in [2.05, 4.69) is 60.7 Å². The summed E-state index contributed by atoms with van der Waals surface area (Å²) in [5, 5.41) is 14.0. The Morgan fingerprint density at radius 3 is 1.50 bits per heavy atom. The van der Waals surface area contributed by atoms with Crippen molar-refractivity contribution in [2.75, 3.05) is 0 Å². The topological polar surface area (TPSA) is 48.1 Å². The van der Waals surface area contributed by atoms with Gasteiger partial charge in [-0.1, -0.05) is 84.9 Å². The first kappa shape index (κ1) is 19.9. The van der Waals surface area contributed by atoms with Crippen molar-refractivity contribution >= 4 is 27.5 Å². The fourth-order valence-electron chi connectivity index (χ4n) is 4.71. The molecule has 0 spiro atoms. The molecule has 4 nitrogen and oxygen atoms in total. The van der Waals surface area contributed by atoms with Crippen molar-refractivity contribution in [3.63, 3.8) is 0 Å². The molecule has 0 saturated heterocycles. The second-order valence-electron chi connectivity index (χ2n) is 8.28. The summed E-state index contributed by atoms with van der Waals surface area (Å²) in [6.45, 7) is 0. The minimum absolute atomic E-state index is 0.0839. The van der Waals surface area contributed by atoms with Gasteiger partial charge in [0, 0.05) is 16.8 Å². The van der Waals surface area contributed by atoms with Gasteiger partial charge in [0.05, 0.1) is 16.0 Å². The standard InChI is InChI=1S/C30H20N2O2/c33-32(34)30-14-8-7-13-29(30)31-27-17-15-23(21-9-3-1-4-10-21)19-25(27)26-20-24(16-18-28(26)31)22-11-5-2-6-12-22/h1-20H. The molecule has 0 N–H and O–H groups in total. The van der Waals surface area contributed by atoms with Crippen LogP contribution in [0.15, 0.2) is 121 Å². The first-order valence-corrected chi connectivity index (χ1v) is 11.1. The average molecular weight is 441 g/mol. The maximum atomic E-state index is 11.9. The van der Waals surface area contributed by atoms with Crippen LogP contribution in [0.2, 0.25) is 0 Å². The molecule has 0 fully saturated rings. The lowest BCUT2D eigenvalue weighted by Gasteiger charge is -2.09. The highest BCUT2D eigenvalue weighted by Gasteiger charge is 2.20. The van der Waals surface area contributed by atoms with Gasteiger partial charge < -0.3 is 4.57 Å². The molecule has 0 unspecified atom stereocenters.